The van der Waals surface area contributed by atoms with Gasteiger partial charge in [-0.2, -0.15) is 0 Å². The number of anilines is 1. The van der Waals surface area contributed by atoms with Crippen molar-refractivity contribution in [3.05, 3.63) is 57.0 Å². The number of carbonyl (C=O) groups excluding carboxylic acids is 1. The summed E-state index contributed by atoms with van der Waals surface area (Å²) >= 11 is 1.56. The molecule has 4 rings (SSSR count). The Balaban J connectivity index is 1.81. The molecule has 170 valence electrons. The van der Waals surface area contributed by atoms with Crippen molar-refractivity contribution in [3.63, 3.8) is 0 Å². The number of hydrogen-bond acceptors (Lipinski definition) is 6. The van der Waals surface area contributed by atoms with Crippen LogP contribution in [0, 0.1) is 11.3 Å². The number of aromatic amines is 1. The number of H-pyrrole nitrogens is 1. The molecule has 0 saturated heterocycles. The van der Waals surface area contributed by atoms with Gasteiger partial charge in [0.25, 0.3) is 5.56 Å². The number of Topliss-reactive ketones (excluding diaryl/α,β-unsaturated/α-hetero) is 1. The zero-order chi connectivity index (χ0) is 23.0. The Hall–Kier alpha value is -2.54. The molecule has 0 bridgehead atoms. The number of fused-ring (bicyclic) bond motifs is 1. The van der Waals surface area contributed by atoms with E-state index in [1.165, 1.54) is 0 Å². The molecule has 2 N–H and O–H groups in total. The summed E-state index contributed by atoms with van der Waals surface area (Å²) < 4.78 is 5.30. The highest BCUT2D eigenvalue weighted by Gasteiger charge is 2.42. The molecule has 2 aliphatic rings. The van der Waals surface area contributed by atoms with Gasteiger partial charge >= 0.3 is 0 Å². The molecule has 32 heavy (non-hydrogen) atoms. The van der Waals surface area contributed by atoms with Gasteiger partial charge in [0.15, 0.2) is 10.9 Å². The van der Waals surface area contributed by atoms with E-state index in [0.717, 1.165) is 35.6 Å². The van der Waals surface area contributed by atoms with E-state index in [4.69, 9.17) is 9.72 Å². The lowest BCUT2D eigenvalue weighted by Crippen LogP contribution is -2.37. The van der Waals surface area contributed by atoms with E-state index in [9.17, 15) is 9.59 Å². The van der Waals surface area contributed by atoms with Crippen molar-refractivity contribution < 1.29 is 9.53 Å². The smallest absolute Gasteiger partial charge is 0.257 e. The lowest BCUT2D eigenvalue weighted by atomic mass is 9.69. The summed E-state index contributed by atoms with van der Waals surface area (Å²) in [6.45, 7) is 8.57. The van der Waals surface area contributed by atoms with Crippen LogP contribution >= 0.6 is 11.8 Å². The van der Waals surface area contributed by atoms with Gasteiger partial charge in [-0.05, 0) is 41.9 Å². The molecule has 0 saturated carbocycles. The minimum atomic E-state index is -0.443. The molecule has 1 aliphatic carbocycles. The number of thioether (sulfide) groups is 1. The van der Waals surface area contributed by atoms with E-state index < -0.39 is 5.92 Å². The molecule has 1 aliphatic heterocycles. The van der Waals surface area contributed by atoms with E-state index in [2.05, 4.69) is 38.0 Å². The van der Waals surface area contributed by atoms with Crippen molar-refractivity contribution in [3.8, 4) is 5.75 Å². The summed E-state index contributed by atoms with van der Waals surface area (Å²) in [4.78, 5) is 34.3. The van der Waals surface area contributed by atoms with Gasteiger partial charge in [0.1, 0.15) is 11.6 Å². The highest BCUT2D eigenvalue weighted by molar-refractivity contribution is 7.99. The quantitative estimate of drug-likeness (QED) is 0.467. The van der Waals surface area contributed by atoms with Crippen molar-refractivity contribution in [1.82, 2.24) is 9.97 Å². The number of carbonyl (C=O) groups is 1. The van der Waals surface area contributed by atoms with E-state index in [0.29, 0.717) is 34.4 Å². The Kier molecular flexibility index (Phi) is 6.21. The summed E-state index contributed by atoms with van der Waals surface area (Å²) in [5.74, 6) is 2.42. The maximum Gasteiger partial charge on any atom is 0.257 e. The van der Waals surface area contributed by atoms with E-state index in [-0.39, 0.29) is 16.8 Å². The molecule has 2 heterocycles. The largest absolute Gasteiger partial charge is 0.497 e. The first-order valence-electron chi connectivity index (χ1n) is 11.1. The van der Waals surface area contributed by atoms with Crippen LogP contribution in [0.3, 0.4) is 0 Å². The molecule has 0 radical (unpaired) electrons. The second kappa shape index (κ2) is 8.77. The molecule has 0 amide bonds. The Bertz CT molecular complexity index is 1120. The van der Waals surface area contributed by atoms with Crippen LogP contribution in [0.1, 0.15) is 64.0 Å². The maximum absolute atomic E-state index is 13.3. The monoisotopic (exact) mass is 453 g/mol. The molecule has 0 fully saturated rings. The first kappa shape index (κ1) is 22.6. The van der Waals surface area contributed by atoms with Crippen LogP contribution in [0.4, 0.5) is 5.82 Å². The number of aromatic nitrogens is 2. The fourth-order valence-electron chi connectivity index (χ4n) is 4.48. The summed E-state index contributed by atoms with van der Waals surface area (Å²) in [5.41, 5.74) is 2.64. The third kappa shape index (κ3) is 4.49. The average Bonchev–Trinajstić information content (AvgIpc) is 2.71. The lowest BCUT2D eigenvalue weighted by molar-refractivity contribution is -0.118. The summed E-state index contributed by atoms with van der Waals surface area (Å²) in [6, 6.07) is 7.60. The van der Waals surface area contributed by atoms with Crippen LogP contribution in [0.15, 0.2) is 45.5 Å². The fraction of sp³-hybridized carbons (Fsp3) is 0.480. The van der Waals surface area contributed by atoms with Crippen LogP contribution in [-0.4, -0.2) is 28.6 Å². The SMILES string of the molecule is COc1ccc(C2C3=C(CC(C)(C)CC3=O)Nc3nc(SCCC(C)C)[nH]c(=O)c32)cc1. The topological polar surface area (TPSA) is 84.1 Å². The average molecular weight is 454 g/mol. The second-order valence-electron chi connectivity index (χ2n) is 9.83. The van der Waals surface area contributed by atoms with Gasteiger partial charge in [-0.3, -0.25) is 9.59 Å². The van der Waals surface area contributed by atoms with Gasteiger partial charge in [-0.25, -0.2) is 4.98 Å². The normalized spacial score (nSPS) is 19.4. The van der Waals surface area contributed by atoms with Gasteiger partial charge in [-0.15, -0.1) is 0 Å². The predicted molar refractivity (Wildman–Crippen MR) is 129 cm³/mol. The van der Waals surface area contributed by atoms with Crippen molar-refractivity contribution in [2.24, 2.45) is 11.3 Å². The third-order valence-electron chi connectivity index (χ3n) is 6.08. The summed E-state index contributed by atoms with van der Waals surface area (Å²) in [7, 11) is 1.62. The van der Waals surface area contributed by atoms with Gasteiger partial charge in [-0.1, -0.05) is 51.6 Å². The predicted octanol–water partition coefficient (Wildman–Crippen LogP) is 5.12. The molecule has 2 aromatic rings. The number of nitrogens with one attached hydrogen (secondary N) is 2. The highest BCUT2D eigenvalue weighted by atomic mass is 32.2. The van der Waals surface area contributed by atoms with Crippen molar-refractivity contribution >= 4 is 23.4 Å². The highest BCUT2D eigenvalue weighted by Crippen LogP contribution is 2.47. The second-order valence-corrected chi connectivity index (χ2v) is 10.9. The molecule has 7 heteroatoms. The van der Waals surface area contributed by atoms with Gasteiger partial charge in [0.2, 0.25) is 0 Å². The van der Waals surface area contributed by atoms with Crippen LogP contribution in [0.25, 0.3) is 0 Å². The van der Waals surface area contributed by atoms with Crippen molar-refractivity contribution in [1.29, 1.82) is 0 Å². The first-order chi connectivity index (χ1) is 15.2. The zero-order valence-electron chi connectivity index (χ0n) is 19.4. The Morgan fingerprint density at radius 3 is 2.56 bits per heavy atom. The number of methoxy groups -OCH3 is 1. The summed E-state index contributed by atoms with van der Waals surface area (Å²) in [5, 5.41) is 3.99. The number of allylic oxidation sites excluding steroid dienone is 2. The van der Waals surface area contributed by atoms with Crippen LogP contribution in [-0.2, 0) is 4.79 Å². The number of nitrogens with zero attached hydrogens (tertiary/aromatic N) is 1. The Labute approximate surface area is 193 Å². The van der Waals surface area contributed by atoms with Crippen LogP contribution in [0.2, 0.25) is 0 Å². The number of hydrogen-bond donors (Lipinski definition) is 2. The number of rotatable bonds is 6. The Morgan fingerprint density at radius 1 is 1.19 bits per heavy atom. The maximum atomic E-state index is 13.3. The molecule has 1 aromatic heterocycles. The molecule has 0 spiro atoms. The molecule has 1 atom stereocenters. The summed E-state index contributed by atoms with van der Waals surface area (Å²) in [6.07, 6.45) is 2.25. The molecule has 1 aromatic carbocycles. The minimum Gasteiger partial charge on any atom is -0.497 e. The molecule has 6 nitrogen and oxygen atoms in total. The van der Waals surface area contributed by atoms with E-state index in [1.807, 2.05) is 24.3 Å². The van der Waals surface area contributed by atoms with Crippen LogP contribution in [0.5, 0.6) is 5.75 Å². The lowest BCUT2D eigenvalue weighted by Gasteiger charge is -2.38. The Morgan fingerprint density at radius 2 is 1.91 bits per heavy atom. The minimum absolute atomic E-state index is 0.0880. The third-order valence-corrected chi connectivity index (χ3v) is 6.99. The fourth-order valence-corrected chi connectivity index (χ4v) is 5.59. The number of ketones is 1. The van der Waals surface area contributed by atoms with Gasteiger partial charge < -0.3 is 15.0 Å². The van der Waals surface area contributed by atoms with Gasteiger partial charge in [0.05, 0.1) is 12.7 Å². The number of benzene rings is 1. The molecule has 1 unspecified atom stereocenters. The molecular formula is C25H31N3O3S. The van der Waals surface area contributed by atoms with Crippen molar-refractivity contribution in [2.75, 3.05) is 18.2 Å². The van der Waals surface area contributed by atoms with Gasteiger partial charge in [0, 0.05) is 29.4 Å². The van der Waals surface area contributed by atoms with Crippen LogP contribution < -0.4 is 15.6 Å². The zero-order valence-corrected chi connectivity index (χ0v) is 20.2. The standard InChI is InChI=1S/C25H31N3O3S/c1-14(2)10-11-32-24-27-22-21(23(30)28-24)19(15-6-8-16(31-5)9-7-15)20-17(26-22)12-25(3,4)13-18(20)29/h6-9,14,19H,10-13H2,1-5H3,(H2,26,27,28,30). The van der Waals surface area contributed by atoms with E-state index in [1.54, 1.807) is 18.9 Å². The van der Waals surface area contributed by atoms with Crippen molar-refractivity contribution in [2.45, 2.75) is 58.0 Å². The first-order valence-corrected chi connectivity index (χ1v) is 12.1. The number of ether oxygens (including phenoxy) is 1. The van der Waals surface area contributed by atoms with E-state index >= 15 is 0 Å². The molecular weight excluding hydrogens is 422 g/mol.